The van der Waals surface area contributed by atoms with Crippen molar-refractivity contribution in [1.82, 2.24) is 9.88 Å². The quantitative estimate of drug-likeness (QED) is 0.924. The highest BCUT2D eigenvalue weighted by molar-refractivity contribution is 7.18. The molecule has 1 saturated heterocycles. The standard InChI is InChI=1S/C12H17F3N4OS/c1-18(7-4-12(13,14)15)10(20)8-9(16)17-11(21-8)19-5-2-3-6-19/h2-7,16H2,1H3. The number of halogens is 3. The number of carbonyl (C=O) groups excluding carboxylic acids is 1. The number of nitrogens with zero attached hydrogens (tertiary/aromatic N) is 3. The van der Waals surface area contributed by atoms with Crippen molar-refractivity contribution in [2.45, 2.75) is 25.4 Å². The Bertz CT molecular complexity index is 511. The van der Waals surface area contributed by atoms with Crippen molar-refractivity contribution in [1.29, 1.82) is 0 Å². The second-order valence-corrected chi connectivity index (χ2v) is 5.97. The Labute approximate surface area is 124 Å². The third-order valence-electron chi connectivity index (χ3n) is 3.29. The van der Waals surface area contributed by atoms with Crippen molar-refractivity contribution in [2.75, 3.05) is 37.3 Å². The van der Waals surface area contributed by atoms with Gasteiger partial charge in [-0.2, -0.15) is 13.2 Å². The number of amides is 1. The summed E-state index contributed by atoms with van der Waals surface area (Å²) in [6.45, 7) is 1.34. The van der Waals surface area contributed by atoms with Gasteiger partial charge in [0.15, 0.2) is 5.13 Å². The average molecular weight is 322 g/mol. The van der Waals surface area contributed by atoms with Crippen molar-refractivity contribution in [3.63, 3.8) is 0 Å². The normalized spacial score (nSPS) is 15.5. The number of anilines is 2. The molecule has 2 heterocycles. The van der Waals surface area contributed by atoms with Crippen LogP contribution in [0.15, 0.2) is 0 Å². The first-order valence-electron chi connectivity index (χ1n) is 6.61. The zero-order chi connectivity index (χ0) is 15.6. The molecule has 5 nitrogen and oxygen atoms in total. The van der Waals surface area contributed by atoms with E-state index in [9.17, 15) is 18.0 Å². The first-order chi connectivity index (χ1) is 9.78. The van der Waals surface area contributed by atoms with E-state index in [4.69, 9.17) is 5.73 Å². The first-order valence-corrected chi connectivity index (χ1v) is 7.43. The summed E-state index contributed by atoms with van der Waals surface area (Å²) in [4.78, 5) is 19.6. The van der Waals surface area contributed by atoms with Crippen LogP contribution in [0.5, 0.6) is 0 Å². The van der Waals surface area contributed by atoms with E-state index in [-0.39, 0.29) is 10.7 Å². The van der Waals surface area contributed by atoms with Crippen molar-refractivity contribution >= 4 is 28.2 Å². The van der Waals surface area contributed by atoms with E-state index in [1.807, 2.05) is 4.90 Å². The maximum Gasteiger partial charge on any atom is 0.390 e. The lowest BCUT2D eigenvalue weighted by Crippen LogP contribution is -2.30. The zero-order valence-corrected chi connectivity index (χ0v) is 12.4. The van der Waals surface area contributed by atoms with Gasteiger partial charge in [-0.25, -0.2) is 4.98 Å². The van der Waals surface area contributed by atoms with Crippen LogP contribution in [0, 0.1) is 0 Å². The van der Waals surface area contributed by atoms with Crippen molar-refractivity contribution in [3.05, 3.63) is 4.88 Å². The number of hydrogen-bond donors (Lipinski definition) is 1. The molecule has 9 heteroatoms. The molecule has 1 aromatic rings. The highest BCUT2D eigenvalue weighted by atomic mass is 32.1. The molecule has 1 aromatic heterocycles. The lowest BCUT2D eigenvalue weighted by atomic mass is 10.3. The van der Waals surface area contributed by atoms with E-state index < -0.39 is 25.0 Å². The first kappa shape index (κ1) is 15.9. The maximum atomic E-state index is 12.2. The summed E-state index contributed by atoms with van der Waals surface area (Å²) in [5.74, 6) is -0.426. The van der Waals surface area contributed by atoms with Gasteiger partial charge in [0.2, 0.25) is 0 Å². The predicted molar refractivity (Wildman–Crippen MR) is 75.6 cm³/mol. The topological polar surface area (TPSA) is 62.5 Å². The average Bonchev–Trinajstić information content (AvgIpc) is 3.03. The van der Waals surface area contributed by atoms with Crippen LogP contribution in [0.3, 0.4) is 0 Å². The van der Waals surface area contributed by atoms with Gasteiger partial charge in [0.25, 0.3) is 5.91 Å². The Morgan fingerprint density at radius 3 is 2.62 bits per heavy atom. The van der Waals surface area contributed by atoms with Gasteiger partial charge in [-0.1, -0.05) is 11.3 Å². The fourth-order valence-corrected chi connectivity index (χ4v) is 3.12. The summed E-state index contributed by atoms with van der Waals surface area (Å²) in [7, 11) is 1.34. The maximum absolute atomic E-state index is 12.2. The van der Waals surface area contributed by atoms with Crippen molar-refractivity contribution in [3.8, 4) is 0 Å². The van der Waals surface area contributed by atoms with E-state index in [1.54, 1.807) is 0 Å². The smallest absolute Gasteiger partial charge is 0.382 e. The highest BCUT2D eigenvalue weighted by Crippen LogP contribution is 2.31. The second kappa shape index (κ2) is 6.08. The minimum Gasteiger partial charge on any atom is -0.382 e. The second-order valence-electron chi connectivity index (χ2n) is 5.00. The summed E-state index contributed by atoms with van der Waals surface area (Å²) in [5.41, 5.74) is 5.73. The van der Waals surface area contributed by atoms with E-state index in [0.29, 0.717) is 5.13 Å². The molecule has 118 valence electrons. The summed E-state index contributed by atoms with van der Waals surface area (Å²) >= 11 is 1.14. The number of hydrogen-bond acceptors (Lipinski definition) is 5. The molecule has 21 heavy (non-hydrogen) atoms. The van der Waals surface area contributed by atoms with Gasteiger partial charge < -0.3 is 15.5 Å². The van der Waals surface area contributed by atoms with Gasteiger partial charge in [0.05, 0.1) is 6.42 Å². The molecule has 0 saturated carbocycles. The minimum atomic E-state index is -4.28. The monoisotopic (exact) mass is 322 g/mol. The van der Waals surface area contributed by atoms with Crippen LogP contribution in [0.2, 0.25) is 0 Å². The molecule has 0 atom stereocenters. The van der Waals surface area contributed by atoms with E-state index >= 15 is 0 Å². The van der Waals surface area contributed by atoms with E-state index in [2.05, 4.69) is 4.98 Å². The van der Waals surface area contributed by atoms with Gasteiger partial charge in [0.1, 0.15) is 10.7 Å². The van der Waals surface area contributed by atoms with Crippen LogP contribution >= 0.6 is 11.3 Å². The molecule has 2 rings (SSSR count). The van der Waals surface area contributed by atoms with Gasteiger partial charge in [-0.3, -0.25) is 4.79 Å². The van der Waals surface area contributed by atoms with Crippen LogP contribution in [0.4, 0.5) is 24.1 Å². The number of aromatic nitrogens is 1. The molecule has 0 spiro atoms. The van der Waals surface area contributed by atoms with Crippen LogP contribution in [-0.4, -0.2) is 48.6 Å². The Kier molecular flexibility index (Phi) is 4.60. The number of alkyl halides is 3. The van der Waals surface area contributed by atoms with Crippen molar-refractivity contribution < 1.29 is 18.0 Å². The molecule has 0 radical (unpaired) electrons. The largest absolute Gasteiger partial charge is 0.390 e. The summed E-state index contributed by atoms with van der Waals surface area (Å²) < 4.78 is 36.6. The molecule has 2 N–H and O–H groups in total. The van der Waals surface area contributed by atoms with Gasteiger partial charge in [-0.15, -0.1) is 0 Å². The van der Waals surface area contributed by atoms with Crippen LogP contribution in [0.1, 0.15) is 28.9 Å². The fraction of sp³-hybridized carbons (Fsp3) is 0.667. The molecule has 1 aliphatic heterocycles. The van der Waals surface area contributed by atoms with Crippen molar-refractivity contribution in [2.24, 2.45) is 0 Å². The SMILES string of the molecule is CN(CCC(F)(F)F)C(=O)c1sc(N2CCCC2)nc1N. The minimum absolute atomic E-state index is 0.0887. The summed E-state index contributed by atoms with van der Waals surface area (Å²) in [6.07, 6.45) is -3.19. The third kappa shape index (κ3) is 3.99. The van der Waals surface area contributed by atoms with E-state index in [0.717, 1.165) is 42.2 Å². The molecule has 1 amide bonds. The predicted octanol–water partition coefficient (Wildman–Crippen LogP) is 2.35. The van der Waals surface area contributed by atoms with Gasteiger partial charge in [0, 0.05) is 26.7 Å². The summed E-state index contributed by atoms with van der Waals surface area (Å²) in [5, 5.41) is 0.664. The molecule has 0 aliphatic carbocycles. The van der Waals surface area contributed by atoms with Crippen LogP contribution in [0.25, 0.3) is 0 Å². The molecule has 0 unspecified atom stereocenters. The molecule has 1 fully saturated rings. The molecular weight excluding hydrogens is 305 g/mol. The van der Waals surface area contributed by atoms with Crippen LogP contribution < -0.4 is 10.6 Å². The third-order valence-corrected chi connectivity index (χ3v) is 4.41. The molecular formula is C12H17F3N4OS. The Morgan fingerprint density at radius 1 is 1.43 bits per heavy atom. The number of carbonyl (C=O) groups is 1. The Morgan fingerprint density at radius 2 is 2.05 bits per heavy atom. The number of rotatable bonds is 4. The van der Waals surface area contributed by atoms with Gasteiger partial charge in [-0.05, 0) is 12.8 Å². The lowest BCUT2D eigenvalue weighted by molar-refractivity contribution is -0.136. The van der Waals surface area contributed by atoms with Gasteiger partial charge >= 0.3 is 6.18 Å². The number of thiazole rings is 1. The molecule has 0 bridgehead atoms. The Hall–Kier alpha value is -1.51. The zero-order valence-electron chi connectivity index (χ0n) is 11.6. The van der Waals surface area contributed by atoms with E-state index in [1.165, 1.54) is 7.05 Å². The summed E-state index contributed by atoms with van der Waals surface area (Å²) in [6, 6.07) is 0. The highest BCUT2D eigenvalue weighted by Gasteiger charge is 2.29. The fourth-order valence-electron chi connectivity index (χ4n) is 2.09. The number of nitrogen functional groups attached to an aromatic ring is 1. The number of nitrogens with two attached hydrogens (primary N) is 1. The van der Waals surface area contributed by atoms with Crippen LogP contribution in [-0.2, 0) is 0 Å². The molecule has 0 aromatic carbocycles. The molecule has 1 aliphatic rings. The Balaban J connectivity index is 2.04. The lowest BCUT2D eigenvalue weighted by Gasteiger charge is -2.17.